The van der Waals surface area contributed by atoms with Gasteiger partial charge in [0.1, 0.15) is 6.33 Å². The minimum Gasteiger partial charge on any atom is -0.355 e. The van der Waals surface area contributed by atoms with E-state index >= 15 is 0 Å². The lowest BCUT2D eigenvalue weighted by molar-refractivity contribution is -0.113. The maximum Gasteiger partial charge on any atom is 0.252 e. The van der Waals surface area contributed by atoms with E-state index < -0.39 is 0 Å². The van der Waals surface area contributed by atoms with Gasteiger partial charge in [0.2, 0.25) is 5.91 Å². The molecule has 0 atom stereocenters. The molecule has 1 aromatic heterocycles. The Labute approximate surface area is 177 Å². The van der Waals surface area contributed by atoms with Gasteiger partial charge in [-0.2, -0.15) is 0 Å². The Morgan fingerprint density at radius 1 is 1.21 bits per heavy atom. The minimum atomic E-state index is -0.317. The molecule has 1 heterocycles. The number of thioether (sulfide) groups is 1. The van der Waals surface area contributed by atoms with Gasteiger partial charge in [-0.15, -0.1) is 10.2 Å². The number of aryl methyl sites for hydroxylation is 1. The molecule has 0 unspecified atom stereocenters. The summed E-state index contributed by atoms with van der Waals surface area (Å²) >= 11 is 7.33. The second kappa shape index (κ2) is 9.58. The maximum atomic E-state index is 12.4. The van der Waals surface area contributed by atoms with Crippen molar-refractivity contribution in [1.82, 2.24) is 20.1 Å². The number of benzene rings is 2. The van der Waals surface area contributed by atoms with Crippen LogP contribution in [0, 0.1) is 0 Å². The van der Waals surface area contributed by atoms with Gasteiger partial charge in [-0.25, -0.2) is 0 Å². The van der Waals surface area contributed by atoms with Crippen molar-refractivity contribution in [2.24, 2.45) is 0 Å². The average molecular weight is 430 g/mol. The third-order valence-corrected chi connectivity index (χ3v) is 5.48. The van der Waals surface area contributed by atoms with Crippen LogP contribution in [0.2, 0.25) is 5.02 Å². The number of carbonyl (C=O) groups excluding carboxylic acids is 2. The smallest absolute Gasteiger partial charge is 0.252 e. The molecule has 3 rings (SSSR count). The molecule has 7 nitrogen and oxygen atoms in total. The van der Waals surface area contributed by atoms with Crippen LogP contribution in [0.4, 0.5) is 5.69 Å². The van der Waals surface area contributed by atoms with Crippen molar-refractivity contribution in [2.75, 3.05) is 18.1 Å². The molecule has 3 aromatic rings. The Morgan fingerprint density at radius 2 is 2.00 bits per heavy atom. The van der Waals surface area contributed by atoms with Gasteiger partial charge in [0.25, 0.3) is 5.91 Å². The van der Waals surface area contributed by atoms with Crippen molar-refractivity contribution >= 4 is 40.9 Å². The van der Waals surface area contributed by atoms with E-state index in [2.05, 4.69) is 33.8 Å². The summed E-state index contributed by atoms with van der Waals surface area (Å²) in [5.41, 5.74) is 2.96. The molecular formula is C20H20ClN5O2S. The highest BCUT2D eigenvalue weighted by atomic mass is 35.5. The number of halogens is 1. The molecule has 0 fully saturated rings. The first-order valence-corrected chi connectivity index (χ1v) is 10.3. The normalized spacial score (nSPS) is 10.6. The van der Waals surface area contributed by atoms with Crippen molar-refractivity contribution in [3.8, 4) is 5.69 Å². The second-order valence-corrected chi connectivity index (χ2v) is 7.43. The van der Waals surface area contributed by atoms with Crippen molar-refractivity contribution < 1.29 is 9.59 Å². The fourth-order valence-electron chi connectivity index (χ4n) is 2.77. The predicted octanol–water partition coefficient (Wildman–Crippen LogP) is 3.57. The second-order valence-electron chi connectivity index (χ2n) is 6.08. The monoisotopic (exact) mass is 429 g/mol. The predicted molar refractivity (Wildman–Crippen MR) is 115 cm³/mol. The Balaban J connectivity index is 1.68. The van der Waals surface area contributed by atoms with Crippen LogP contribution in [0.1, 0.15) is 22.8 Å². The van der Waals surface area contributed by atoms with Crippen LogP contribution in [0.5, 0.6) is 0 Å². The number of nitrogens with zero attached hydrogens (tertiary/aromatic N) is 3. The molecule has 2 aromatic carbocycles. The third-order valence-electron chi connectivity index (χ3n) is 4.20. The highest BCUT2D eigenvalue weighted by molar-refractivity contribution is 7.99. The zero-order valence-corrected chi connectivity index (χ0v) is 17.5. The van der Waals surface area contributed by atoms with Crippen LogP contribution in [0.15, 0.2) is 53.9 Å². The number of rotatable bonds is 7. The molecule has 29 heavy (non-hydrogen) atoms. The summed E-state index contributed by atoms with van der Waals surface area (Å²) in [4.78, 5) is 24.2. The largest absolute Gasteiger partial charge is 0.355 e. The molecule has 150 valence electrons. The summed E-state index contributed by atoms with van der Waals surface area (Å²) in [7, 11) is 1.52. The van der Waals surface area contributed by atoms with Crippen molar-refractivity contribution in [1.29, 1.82) is 0 Å². The number of hydrogen-bond donors (Lipinski definition) is 2. The van der Waals surface area contributed by atoms with E-state index in [4.69, 9.17) is 11.6 Å². The molecule has 0 saturated carbocycles. The number of nitrogens with one attached hydrogen (secondary N) is 2. The van der Waals surface area contributed by atoms with Gasteiger partial charge in [-0.1, -0.05) is 48.5 Å². The molecule has 0 bridgehead atoms. The van der Waals surface area contributed by atoms with E-state index in [9.17, 15) is 9.59 Å². The van der Waals surface area contributed by atoms with Crippen LogP contribution in [0.3, 0.4) is 0 Å². The summed E-state index contributed by atoms with van der Waals surface area (Å²) in [6, 6.07) is 12.8. The van der Waals surface area contributed by atoms with Crippen molar-refractivity contribution in [2.45, 2.75) is 18.5 Å². The number of hydrogen-bond acceptors (Lipinski definition) is 5. The van der Waals surface area contributed by atoms with Crippen LogP contribution >= 0.6 is 23.4 Å². The summed E-state index contributed by atoms with van der Waals surface area (Å²) in [6.45, 7) is 2.09. The lowest BCUT2D eigenvalue weighted by Crippen LogP contribution is -2.19. The van der Waals surface area contributed by atoms with Crippen LogP contribution in [0.25, 0.3) is 5.69 Å². The van der Waals surface area contributed by atoms with Crippen molar-refractivity contribution in [3.63, 3.8) is 0 Å². The highest BCUT2D eigenvalue weighted by Crippen LogP contribution is 2.24. The van der Waals surface area contributed by atoms with Gasteiger partial charge >= 0.3 is 0 Å². The van der Waals surface area contributed by atoms with E-state index in [0.717, 1.165) is 12.1 Å². The minimum absolute atomic E-state index is 0.144. The van der Waals surface area contributed by atoms with E-state index in [1.54, 1.807) is 24.5 Å². The first kappa shape index (κ1) is 20.9. The van der Waals surface area contributed by atoms with Gasteiger partial charge in [0.05, 0.1) is 22.0 Å². The molecular weight excluding hydrogens is 410 g/mol. The third kappa shape index (κ3) is 4.96. The van der Waals surface area contributed by atoms with Crippen LogP contribution in [-0.4, -0.2) is 39.4 Å². The van der Waals surface area contributed by atoms with Gasteiger partial charge in [-0.05, 0) is 36.2 Å². The lowest BCUT2D eigenvalue weighted by atomic mass is 10.1. The fourth-order valence-corrected chi connectivity index (χ4v) is 3.70. The lowest BCUT2D eigenvalue weighted by Gasteiger charge is -2.11. The maximum absolute atomic E-state index is 12.4. The molecule has 2 amide bonds. The Kier molecular flexibility index (Phi) is 6.90. The van der Waals surface area contributed by atoms with Gasteiger partial charge < -0.3 is 10.6 Å². The van der Waals surface area contributed by atoms with Crippen LogP contribution in [-0.2, 0) is 11.2 Å². The van der Waals surface area contributed by atoms with E-state index in [0.29, 0.717) is 21.4 Å². The number of amides is 2. The van der Waals surface area contributed by atoms with Gasteiger partial charge in [0.15, 0.2) is 5.16 Å². The number of anilines is 1. The topological polar surface area (TPSA) is 88.9 Å². The molecule has 0 aliphatic carbocycles. The fraction of sp³-hybridized carbons (Fsp3) is 0.200. The molecule has 0 aliphatic heterocycles. The zero-order valence-electron chi connectivity index (χ0n) is 16.0. The first-order valence-electron chi connectivity index (χ1n) is 8.96. The van der Waals surface area contributed by atoms with E-state index in [1.807, 2.05) is 22.8 Å². The van der Waals surface area contributed by atoms with Gasteiger partial charge in [0, 0.05) is 12.7 Å². The Bertz CT molecular complexity index is 1040. The van der Waals surface area contributed by atoms with Crippen LogP contribution < -0.4 is 10.6 Å². The average Bonchev–Trinajstić information content (AvgIpc) is 3.21. The zero-order chi connectivity index (χ0) is 20.8. The van der Waals surface area contributed by atoms with Crippen molar-refractivity contribution in [3.05, 3.63) is 64.9 Å². The molecule has 0 aliphatic rings. The highest BCUT2D eigenvalue weighted by Gasteiger charge is 2.14. The number of carbonyl (C=O) groups is 2. The summed E-state index contributed by atoms with van der Waals surface area (Å²) in [5.74, 6) is -0.396. The number of aromatic nitrogens is 3. The van der Waals surface area contributed by atoms with Gasteiger partial charge in [-0.3, -0.25) is 14.2 Å². The molecule has 0 saturated heterocycles. The molecule has 9 heteroatoms. The Morgan fingerprint density at radius 3 is 2.76 bits per heavy atom. The summed E-state index contributed by atoms with van der Waals surface area (Å²) in [6.07, 6.45) is 2.52. The number of para-hydroxylation sites is 1. The molecule has 2 N–H and O–H groups in total. The van der Waals surface area contributed by atoms with E-state index in [-0.39, 0.29) is 17.6 Å². The Hall–Kier alpha value is -2.84. The quantitative estimate of drug-likeness (QED) is 0.560. The molecule has 0 radical (unpaired) electrons. The first-order chi connectivity index (χ1) is 14.0. The van der Waals surface area contributed by atoms with E-state index in [1.165, 1.54) is 24.4 Å². The summed E-state index contributed by atoms with van der Waals surface area (Å²) in [5, 5.41) is 14.4. The summed E-state index contributed by atoms with van der Waals surface area (Å²) < 4.78 is 1.88. The molecule has 0 spiro atoms. The standard InChI is InChI=1S/C20H20ClN5O2S/c1-3-13-6-4-5-7-17(13)26-12-23-25-20(26)29-11-18(27)24-14-8-9-16(21)15(10-14)19(28)22-2/h4-10,12H,3,11H2,1-2H3,(H,22,28)(H,24,27). The SMILES string of the molecule is CCc1ccccc1-n1cnnc1SCC(=O)Nc1ccc(Cl)c(C(=O)NC)c1.